The van der Waals surface area contributed by atoms with E-state index in [1.54, 1.807) is 56.7 Å². The minimum atomic E-state index is -4.23. The van der Waals surface area contributed by atoms with Gasteiger partial charge in [-0.1, -0.05) is 12.1 Å². The largest absolute Gasteiger partial charge is 0.495 e. The van der Waals surface area contributed by atoms with Gasteiger partial charge in [0.2, 0.25) is 5.62 Å². The van der Waals surface area contributed by atoms with Gasteiger partial charge >= 0.3 is 0 Å². The molecule has 13 heteroatoms. The van der Waals surface area contributed by atoms with Crippen LogP contribution >= 0.6 is 0 Å². The first-order valence-corrected chi connectivity index (χ1v) is 14.5. The van der Waals surface area contributed by atoms with Crippen LogP contribution in [0.25, 0.3) is 17.1 Å². The Morgan fingerprint density at radius 2 is 1.73 bits per heavy atom. The molecule has 12 nitrogen and oxygen atoms in total. The average Bonchev–Trinajstić information content (AvgIpc) is 3.26. The molecule has 3 aromatic heterocycles. The van der Waals surface area contributed by atoms with Crippen LogP contribution in [0.2, 0.25) is 0 Å². The highest BCUT2D eigenvalue weighted by molar-refractivity contribution is 7.90. The minimum Gasteiger partial charge on any atom is -0.495 e. The highest BCUT2D eigenvalue weighted by Gasteiger charge is 2.34. The van der Waals surface area contributed by atoms with Crippen molar-refractivity contribution in [2.45, 2.75) is 39.0 Å². The van der Waals surface area contributed by atoms with E-state index in [0.717, 1.165) is 16.7 Å². The zero-order valence-electron chi connectivity index (χ0n) is 24.3. The Labute approximate surface area is 239 Å². The average molecular weight is 582 g/mol. The van der Waals surface area contributed by atoms with E-state index in [0.29, 0.717) is 22.8 Å². The number of ether oxygens (including phenoxy) is 3. The molecule has 0 amide bonds. The molecular weight excluding hydrogens is 546 g/mol. The third-order valence-electron chi connectivity index (χ3n) is 6.47. The molecule has 41 heavy (non-hydrogen) atoms. The lowest BCUT2D eigenvalue weighted by Crippen LogP contribution is -2.33. The first-order chi connectivity index (χ1) is 19.6. The summed E-state index contributed by atoms with van der Waals surface area (Å²) in [5.41, 5.74) is 3.96. The normalized spacial score (nSPS) is 13.8. The molecule has 0 bridgehead atoms. The van der Waals surface area contributed by atoms with Gasteiger partial charge in [-0.3, -0.25) is 9.55 Å². The number of methoxy groups -OCH3 is 2. The molecule has 0 aliphatic carbocycles. The third-order valence-corrected chi connectivity index (χ3v) is 8.07. The van der Waals surface area contributed by atoms with E-state index < -0.39 is 21.4 Å². The maximum Gasteiger partial charge on any atom is 0.262 e. The van der Waals surface area contributed by atoms with Crippen LogP contribution in [0.5, 0.6) is 5.75 Å². The van der Waals surface area contributed by atoms with Crippen LogP contribution in [0, 0.1) is 20.8 Å². The number of sulfonamides is 1. The molecule has 0 aliphatic rings. The number of rotatable bonds is 11. The van der Waals surface area contributed by atoms with Crippen LogP contribution < -0.4 is 10.4 Å². The molecule has 3 heterocycles. The maximum atomic E-state index is 14.0. The summed E-state index contributed by atoms with van der Waals surface area (Å²) in [6.07, 6.45) is 5.65. The molecule has 1 aromatic carbocycles. The van der Waals surface area contributed by atoms with Crippen LogP contribution in [0.4, 0.5) is 0 Å². The Kier molecular flexibility index (Phi) is 9.31. The number of hydrogen-bond acceptors (Lipinski definition) is 9. The Morgan fingerprint density at radius 1 is 1.00 bits per heavy atom. The van der Waals surface area contributed by atoms with Gasteiger partial charge in [0.25, 0.3) is 10.0 Å². The molecule has 4 aromatic rings. The van der Waals surface area contributed by atoms with Crippen LogP contribution in [-0.4, -0.2) is 70.4 Å². The van der Waals surface area contributed by atoms with Crippen molar-refractivity contribution in [1.82, 2.24) is 29.3 Å². The standard InChI is InChI=1S/C28H35N7O5S/c1-18-13-22(17-29-14-18)27-32-34(5)28(35(27)24-20(3)9-8-10-23(24)39-7)33-41(36,37)21(4)25(40-12-11-38-6)26-30-15-19(2)16-31-26/h8-10,13-17,21,25H,11-12H2,1-7H3/t21-,25-/m1/s1. The van der Waals surface area contributed by atoms with Crippen LogP contribution in [0.15, 0.2) is 53.5 Å². The van der Waals surface area contributed by atoms with E-state index in [2.05, 4.69) is 24.4 Å². The summed E-state index contributed by atoms with van der Waals surface area (Å²) in [7, 11) is 0.510. The van der Waals surface area contributed by atoms with Crippen LogP contribution in [0.1, 0.15) is 35.5 Å². The summed E-state index contributed by atoms with van der Waals surface area (Å²) >= 11 is 0. The van der Waals surface area contributed by atoms with Gasteiger partial charge in [0.1, 0.15) is 17.1 Å². The number of aryl methyl sites for hydroxylation is 4. The van der Waals surface area contributed by atoms with Crippen molar-refractivity contribution in [3.8, 4) is 22.8 Å². The molecule has 0 spiro atoms. The molecule has 0 saturated heterocycles. The fraction of sp³-hybridized carbons (Fsp3) is 0.393. The highest BCUT2D eigenvalue weighted by atomic mass is 32.2. The van der Waals surface area contributed by atoms with E-state index in [4.69, 9.17) is 14.2 Å². The molecule has 2 atom stereocenters. The molecule has 4 rings (SSSR count). The summed E-state index contributed by atoms with van der Waals surface area (Å²) in [6, 6.07) is 7.49. The summed E-state index contributed by atoms with van der Waals surface area (Å²) in [6.45, 7) is 7.63. The molecule has 0 fully saturated rings. The predicted molar refractivity (Wildman–Crippen MR) is 153 cm³/mol. The first kappa shape index (κ1) is 30.0. The van der Waals surface area contributed by atoms with E-state index in [9.17, 15) is 8.42 Å². The second kappa shape index (κ2) is 12.7. The quantitative estimate of drug-likeness (QED) is 0.245. The van der Waals surface area contributed by atoms with Gasteiger partial charge in [-0.25, -0.2) is 23.1 Å². The number of pyridine rings is 1. The molecule has 218 valence electrons. The van der Waals surface area contributed by atoms with Crippen molar-refractivity contribution < 1.29 is 22.6 Å². The fourth-order valence-electron chi connectivity index (χ4n) is 4.31. The number of hydrogen-bond donors (Lipinski definition) is 0. The van der Waals surface area contributed by atoms with Crippen molar-refractivity contribution in [3.05, 3.63) is 77.2 Å². The topological polar surface area (TPSA) is 136 Å². The monoisotopic (exact) mass is 581 g/mol. The molecule has 0 saturated carbocycles. The summed E-state index contributed by atoms with van der Waals surface area (Å²) < 4.78 is 52.1. The van der Waals surface area contributed by atoms with E-state index >= 15 is 0 Å². The van der Waals surface area contributed by atoms with E-state index in [-0.39, 0.29) is 24.7 Å². The van der Waals surface area contributed by atoms with Gasteiger partial charge in [0, 0.05) is 44.5 Å². The SMILES string of the molecule is COCCO[C@@H](c1ncc(C)cn1)[C@@H](C)S(=O)(=O)N=c1n(C)nc(-c2cncc(C)c2)n1-c1c(C)cccc1OC. The first-order valence-electron chi connectivity index (χ1n) is 13.0. The predicted octanol–water partition coefficient (Wildman–Crippen LogP) is 3.02. The van der Waals surface area contributed by atoms with Crippen molar-refractivity contribution in [3.63, 3.8) is 0 Å². The van der Waals surface area contributed by atoms with Gasteiger partial charge in [0.05, 0.1) is 26.0 Å². The summed E-state index contributed by atoms with van der Waals surface area (Å²) in [5.74, 6) is 1.22. The number of aromatic nitrogens is 6. The smallest absolute Gasteiger partial charge is 0.262 e. The molecular formula is C28H35N7O5S. The maximum absolute atomic E-state index is 14.0. The highest BCUT2D eigenvalue weighted by Crippen LogP contribution is 2.30. The zero-order chi connectivity index (χ0) is 29.7. The Balaban J connectivity index is 1.94. The number of para-hydroxylation sites is 1. The van der Waals surface area contributed by atoms with Crippen molar-refractivity contribution in [2.75, 3.05) is 27.4 Å². The van der Waals surface area contributed by atoms with Crippen molar-refractivity contribution >= 4 is 10.0 Å². The lowest BCUT2D eigenvalue weighted by atomic mass is 10.1. The minimum absolute atomic E-state index is 0.0708. The van der Waals surface area contributed by atoms with Gasteiger partial charge in [-0.05, 0) is 56.5 Å². The Bertz CT molecular complexity index is 1680. The third kappa shape index (κ3) is 6.53. The lowest BCUT2D eigenvalue weighted by molar-refractivity contribution is 0.0118. The fourth-order valence-corrected chi connectivity index (χ4v) is 5.41. The Hall–Kier alpha value is -3.94. The van der Waals surface area contributed by atoms with Gasteiger partial charge < -0.3 is 14.2 Å². The number of benzene rings is 1. The zero-order valence-corrected chi connectivity index (χ0v) is 25.1. The summed E-state index contributed by atoms with van der Waals surface area (Å²) in [4.78, 5) is 13.0. The van der Waals surface area contributed by atoms with Crippen molar-refractivity contribution in [2.24, 2.45) is 11.4 Å². The van der Waals surface area contributed by atoms with Gasteiger partial charge in [-0.2, -0.15) is 5.10 Å². The van der Waals surface area contributed by atoms with Crippen LogP contribution in [0.3, 0.4) is 0 Å². The Morgan fingerprint density at radius 3 is 2.39 bits per heavy atom. The number of nitrogens with zero attached hydrogens (tertiary/aromatic N) is 7. The van der Waals surface area contributed by atoms with E-state index in [1.165, 1.54) is 11.6 Å². The van der Waals surface area contributed by atoms with Gasteiger partial charge in [0.15, 0.2) is 11.6 Å². The van der Waals surface area contributed by atoms with Crippen LogP contribution in [-0.2, 0) is 26.5 Å². The summed E-state index contributed by atoms with van der Waals surface area (Å²) in [5, 5.41) is 3.54. The van der Waals surface area contributed by atoms with E-state index in [1.807, 2.05) is 39.0 Å². The molecule has 0 unspecified atom stereocenters. The van der Waals surface area contributed by atoms with Gasteiger partial charge in [-0.15, -0.1) is 4.40 Å². The lowest BCUT2D eigenvalue weighted by Gasteiger charge is -2.21. The molecule has 0 N–H and O–H groups in total. The van der Waals surface area contributed by atoms with Crippen molar-refractivity contribution in [1.29, 1.82) is 0 Å². The molecule has 0 radical (unpaired) electrons. The second-order valence-corrected chi connectivity index (χ2v) is 11.6. The second-order valence-electron chi connectivity index (χ2n) is 9.67. The molecule has 0 aliphatic heterocycles.